The molecule has 5 nitrogen and oxygen atoms in total. The van der Waals surface area contributed by atoms with Gasteiger partial charge in [-0.2, -0.15) is 0 Å². The van der Waals surface area contributed by atoms with Crippen LogP contribution in [0.1, 0.15) is 32.6 Å². The maximum absolute atomic E-state index is 11.8. The van der Waals surface area contributed by atoms with Crippen molar-refractivity contribution < 1.29 is 9.90 Å². The van der Waals surface area contributed by atoms with Crippen molar-refractivity contribution in [3.63, 3.8) is 0 Å². The maximum atomic E-state index is 11.8. The smallest absolute Gasteiger partial charge is 0.237 e. The van der Waals surface area contributed by atoms with Crippen LogP contribution < -0.4 is 10.6 Å². The molecule has 0 aromatic carbocycles. The number of likely N-dealkylation sites (tertiary alicyclic amines) is 1. The highest BCUT2D eigenvalue weighted by Gasteiger charge is 2.27. The highest BCUT2D eigenvalue weighted by Crippen LogP contribution is 2.19. The summed E-state index contributed by atoms with van der Waals surface area (Å²) < 4.78 is 0. The Hall–Kier alpha value is -0.650. The largest absolute Gasteiger partial charge is 0.392 e. The molecule has 2 atom stereocenters. The van der Waals surface area contributed by atoms with Gasteiger partial charge in [-0.3, -0.25) is 4.79 Å². The van der Waals surface area contributed by atoms with Crippen LogP contribution in [-0.4, -0.2) is 60.8 Å². The Bertz CT molecular complexity index is 290. The fourth-order valence-corrected chi connectivity index (χ4v) is 3.03. The molecule has 2 rings (SSSR count). The number of amides is 1. The second-order valence-corrected chi connectivity index (χ2v) is 5.81. The van der Waals surface area contributed by atoms with Crippen LogP contribution in [0.5, 0.6) is 0 Å². The molecule has 0 aromatic heterocycles. The van der Waals surface area contributed by atoms with Crippen LogP contribution >= 0.6 is 0 Å². The first-order chi connectivity index (χ1) is 9.19. The zero-order valence-corrected chi connectivity index (χ0v) is 11.9. The first-order valence-corrected chi connectivity index (χ1v) is 7.60. The number of nitrogens with one attached hydrogen (secondary N) is 2. The van der Waals surface area contributed by atoms with Gasteiger partial charge in [0.25, 0.3) is 0 Å². The molecule has 19 heavy (non-hydrogen) atoms. The molecule has 110 valence electrons. The number of rotatable bonds is 5. The van der Waals surface area contributed by atoms with Gasteiger partial charge in [-0.15, -0.1) is 0 Å². The highest BCUT2D eigenvalue weighted by atomic mass is 16.3. The maximum Gasteiger partial charge on any atom is 0.237 e. The zero-order chi connectivity index (χ0) is 13.7. The molecule has 2 aliphatic rings. The minimum Gasteiger partial charge on any atom is -0.392 e. The number of aliphatic hydroxyl groups excluding tert-OH is 1. The predicted octanol–water partition coefficient (Wildman–Crippen LogP) is -0.0526. The van der Waals surface area contributed by atoms with E-state index in [-0.39, 0.29) is 18.1 Å². The van der Waals surface area contributed by atoms with Crippen LogP contribution in [0.25, 0.3) is 0 Å². The molecule has 3 N–H and O–H groups in total. The Kier molecular flexibility index (Phi) is 5.60. The minimum absolute atomic E-state index is 0.0440. The normalized spacial score (nSPS) is 29.6. The van der Waals surface area contributed by atoms with Crippen molar-refractivity contribution in [1.82, 2.24) is 15.5 Å². The molecule has 2 aliphatic heterocycles. The summed E-state index contributed by atoms with van der Waals surface area (Å²) in [5.41, 5.74) is 0. The average molecular weight is 269 g/mol. The Labute approximate surface area is 115 Å². The van der Waals surface area contributed by atoms with Crippen molar-refractivity contribution in [1.29, 1.82) is 0 Å². The molecule has 5 heteroatoms. The van der Waals surface area contributed by atoms with E-state index in [1.807, 2.05) is 0 Å². The molecule has 0 radical (unpaired) electrons. The third kappa shape index (κ3) is 4.44. The molecule has 0 aromatic rings. The van der Waals surface area contributed by atoms with Crippen LogP contribution in [0.2, 0.25) is 0 Å². The minimum atomic E-state index is -0.367. The van der Waals surface area contributed by atoms with Crippen molar-refractivity contribution in [2.75, 3.05) is 32.7 Å². The van der Waals surface area contributed by atoms with Crippen LogP contribution in [0.15, 0.2) is 0 Å². The van der Waals surface area contributed by atoms with Gasteiger partial charge in [0.2, 0.25) is 5.91 Å². The summed E-state index contributed by atoms with van der Waals surface area (Å²) in [5, 5.41) is 15.4. The van der Waals surface area contributed by atoms with Gasteiger partial charge in [-0.25, -0.2) is 0 Å². The lowest BCUT2D eigenvalue weighted by molar-refractivity contribution is -0.123. The first kappa shape index (κ1) is 14.8. The van der Waals surface area contributed by atoms with Crippen molar-refractivity contribution in [2.45, 2.75) is 44.8 Å². The third-order valence-electron chi connectivity index (χ3n) is 4.43. The SMILES string of the molecule is CCN1CCC(CCNC(=O)C2CC(O)CN2)CC1. The van der Waals surface area contributed by atoms with E-state index in [0.717, 1.165) is 25.4 Å². The van der Waals surface area contributed by atoms with Gasteiger partial charge in [0.15, 0.2) is 0 Å². The highest BCUT2D eigenvalue weighted by molar-refractivity contribution is 5.82. The first-order valence-electron chi connectivity index (χ1n) is 7.60. The van der Waals surface area contributed by atoms with E-state index in [4.69, 9.17) is 0 Å². The van der Waals surface area contributed by atoms with Gasteiger partial charge in [0, 0.05) is 13.1 Å². The lowest BCUT2D eigenvalue weighted by atomic mass is 9.93. The van der Waals surface area contributed by atoms with Gasteiger partial charge in [0.1, 0.15) is 0 Å². The zero-order valence-electron chi connectivity index (χ0n) is 11.9. The number of carbonyl (C=O) groups is 1. The molecule has 0 aliphatic carbocycles. The number of nitrogens with zero attached hydrogens (tertiary/aromatic N) is 1. The number of piperidine rings is 1. The quantitative estimate of drug-likeness (QED) is 0.655. The molecule has 0 saturated carbocycles. The van der Waals surface area contributed by atoms with E-state index >= 15 is 0 Å². The molecule has 0 bridgehead atoms. The van der Waals surface area contributed by atoms with Crippen molar-refractivity contribution in [3.8, 4) is 0 Å². The monoisotopic (exact) mass is 269 g/mol. The summed E-state index contributed by atoms with van der Waals surface area (Å²) in [6, 6.07) is -0.197. The lowest BCUT2D eigenvalue weighted by Crippen LogP contribution is -2.41. The second-order valence-electron chi connectivity index (χ2n) is 5.81. The van der Waals surface area contributed by atoms with E-state index in [1.165, 1.54) is 25.9 Å². The van der Waals surface area contributed by atoms with Crippen molar-refractivity contribution in [3.05, 3.63) is 0 Å². The summed E-state index contributed by atoms with van der Waals surface area (Å²) >= 11 is 0. The Balaban J connectivity index is 1.58. The topological polar surface area (TPSA) is 64.6 Å². The number of β-amino-alcohol motifs (C(OH)–C–C–N with tert-alkyl or cyclic N) is 1. The summed E-state index contributed by atoms with van der Waals surface area (Å²) in [5.74, 6) is 0.799. The van der Waals surface area contributed by atoms with Crippen molar-refractivity contribution in [2.24, 2.45) is 5.92 Å². The van der Waals surface area contributed by atoms with Gasteiger partial charge in [-0.1, -0.05) is 6.92 Å². The van der Waals surface area contributed by atoms with E-state index in [1.54, 1.807) is 0 Å². The Morgan fingerprint density at radius 3 is 2.74 bits per heavy atom. The summed E-state index contributed by atoms with van der Waals surface area (Å²) in [6.45, 7) is 7.07. The number of hydrogen-bond acceptors (Lipinski definition) is 4. The average Bonchev–Trinajstić information content (AvgIpc) is 2.86. The van der Waals surface area contributed by atoms with Crippen LogP contribution in [0.4, 0.5) is 0 Å². The molecule has 2 heterocycles. The van der Waals surface area contributed by atoms with Gasteiger partial charge >= 0.3 is 0 Å². The molecule has 0 spiro atoms. The summed E-state index contributed by atoms with van der Waals surface area (Å²) in [4.78, 5) is 14.3. The standard InChI is InChI=1S/C14H27N3O2/c1-2-17-7-4-11(5-8-17)3-6-15-14(19)13-9-12(18)10-16-13/h11-13,16,18H,2-10H2,1H3,(H,15,19). The second kappa shape index (κ2) is 7.22. The van der Waals surface area contributed by atoms with Crippen molar-refractivity contribution >= 4 is 5.91 Å². The number of aliphatic hydroxyl groups is 1. The van der Waals surface area contributed by atoms with E-state index < -0.39 is 0 Å². The predicted molar refractivity (Wildman–Crippen MR) is 74.9 cm³/mol. The Morgan fingerprint density at radius 1 is 1.42 bits per heavy atom. The van der Waals surface area contributed by atoms with Crippen LogP contribution in [-0.2, 0) is 4.79 Å². The molecule has 2 fully saturated rings. The van der Waals surface area contributed by atoms with Gasteiger partial charge in [-0.05, 0) is 51.2 Å². The fourth-order valence-electron chi connectivity index (χ4n) is 3.03. The van der Waals surface area contributed by atoms with E-state index in [9.17, 15) is 9.90 Å². The summed E-state index contributed by atoms with van der Waals surface area (Å²) in [6.07, 6.45) is 3.77. The van der Waals surface area contributed by atoms with Crippen LogP contribution in [0, 0.1) is 5.92 Å². The number of hydrogen-bond donors (Lipinski definition) is 3. The van der Waals surface area contributed by atoms with Gasteiger partial charge in [0.05, 0.1) is 12.1 Å². The van der Waals surface area contributed by atoms with Crippen LogP contribution in [0.3, 0.4) is 0 Å². The van der Waals surface area contributed by atoms with E-state index in [0.29, 0.717) is 13.0 Å². The molecular weight excluding hydrogens is 242 g/mol. The molecular formula is C14H27N3O2. The molecule has 2 unspecified atom stereocenters. The lowest BCUT2D eigenvalue weighted by Gasteiger charge is -2.31. The molecule has 1 amide bonds. The number of carbonyl (C=O) groups excluding carboxylic acids is 1. The summed E-state index contributed by atoms with van der Waals surface area (Å²) in [7, 11) is 0. The van der Waals surface area contributed by atoms with Gasteiger partial charge < -0.3 is 20.6 Å². The molecule has 2 saturated heterocycles. The third-order valence-corrected chi connectivity index (χ3v) is 4.43. The van der Waals surface area contributed by atoms with E-state index in [2.05, 4.69) is 22.5 Å². The fraction of sp³-hybridized carbons (Fsp3) is 0.929. The Morgan fingerprint density at radius 2 is 2.16 bits per heavy atom.